The van der Waals surface area contributed by atoms with E-state index in [9.17, 15) is 23.9 Å². The summed E-state index contributed by atoms with van der Waals surface area (Å²) in [7, 11) is 0. The number of hydrogen-bond acceptors (Lipinski definition) is 3. The minimum atomic E-state index is -1.37. The number of pyridine rings is 1. The molecule has 0 saturated carbocycles. The Bertz CT molecular complexity index is 954. The van der Waals surface area contributed by atoms with Crippen LogP contribution in [0.1, 0.15) is 28.4 Å². The van der Waals surface area contributed by atoms with Gasteiger partial charge >= 0.3 is 5.97 Å². The third kappa shape index (κ3) is 3.02. The lowest BCUT2D eigenvalue weighted by molar-refractivity contribution is -0.129. The third-order valence-electron chi connectivity index (χ3n) is 4.23. The van der Waals surface area contributed by atoms with E-state index in [2.05, 4.69) is 0 Å². The number of benzene rings is 1. The molecule has 0 aliphatic carbocycles. The van der Waals surface area contributed by atoms with Gasteiger partial charge in [0.1, 0.15) is 11.4 Å². The van der Waals surface area contributed by atoms with E-state index in [1.807, 2.05) is 0 Å². The molecule has 6 nitrogen and oxygen atoms in total. The van der Waals surface area contributed by atoms with Crippen LogP contribution in [-0.2, 0) is 17.8 Å². The molecule has 2 aromatic rings. The van der Waals surface area contributed by atoms with Crippen molar-refractivity contribution in [3.05, 3.63) is 62.3 Å². The highest BCUT2D eigenvalue weighted by molar-refractivity contribution is 6.30. The Morgan fingerprint density at radius 2 is 2.04 bits per heavy atom. The quantitative estimate of drug-likeness (QED) is 0.886. The maximum absolute atomic E-state index is 14.2. The summed E-state index contributed by atoms with van der Waals surface area (Å²) in [6.45, 7) is 1.92. The van der Waals surface area contributed by atoms with Crippen LogP contribution in [0.25, 0.3) is 5.69 Å². The number of aromatic carboxylic acids is 1. The second-order valence-corrected chi connectivity index (χ2v) is 6.21. The molecule has 1 aromatic heterocycles. The minimum Gasteiger partial charge on any atom is -0.477 e. The van der Waals surface area contributed by atoms with E-state index in [0.29, 0.717) is 17.7 Å². The van der Waals surface area contributed by atoms with Crippen LogP contribution in [0.5, 0.6) is 0 Å². The Morgan fingerprint density at radius 3 is 2.64 bits per heavy atom. The molecule has 1 N–H and O–H groups in total. The predicted octanol–water partition coefficient (Wildman–Crippen LogP) is 2.23. The van der Waals surface area contributed by atoms with Crippen molar-refractivity contribution >= 4 is 23.5 Å². The summed E-state index contributed by atoms with van der Waals surface area (Å²) in [4.78, 5) is 37.4. The number of carbonyl (C=O) groups excluding carboxylic acids is 1. The van der Waals surface area contributed by atoms with Gasteiger partial charge in [-0.05, 0) is 35.7 Å². The SMILES string of the molecule is CC(=O)N1CCc2c(cn(-c3ccc(Cl)cc3F)c(=O)c2C(=O)O)C1. The Hall–Kier alpha value is -2.67. The number of halogens is 2. The fraction of sp³-hybridized carbons (Fsp3) is 0.235. The summed E-state index contributed by atoms with van der Waals surface area (Å²) in [5, 5.41) is 9.63. The summed E-state index contributed by atoms with van der Waals surface area (Å²) in [5.41, 5.74) is -0.410. The van der Waals surface area contributed by atoms with Crippen molar-refractivity contribution < 1.29 is 19.1 Å². The highest BCUT2D eigenvalue weighted by Gasteiger charge is 2.27. The van der Waals surface area contributed by atoms with Gasteiger partial charge in [-0.1, -0.05) is 11.6 Å². The Morgan fingerprint density at radius 1 is 1.32 bits per heavy atom. The maximum atomic E-state index is 14.2. The van der Waals surface area contributed by atoms with Crippen LogP contribution >= 0.6 is 11.6 Å². The van der Waals surface area contributed by atoms with E-state index in [1.54, 1.807) is 4.90 Å². The van der Waals surface area contributed by atoms with Crippen molar-refractivity contribution in [3.63, 3.8) is 0 Å². The van der Waals surface area contributed by atoms with Crippen LogP contribution in [0.15, 0.2) is 29.2 Å². The highest BCUT2D eigenvalue weighted by Crippen LogP contribution is 2.24. The van der Waals surface area contributed by atoms with E-state index >= 15 is 0 Å². The van der Waals surface area contributed by atoms with Gasteiger partial charge in [-0.2, -0.15) is 0 Å². The van der Waals surface area contributed by atoms with Crippen molar-refractivity contribution in [2.24, 2.45) is 0 Å². The summed E-state index contributed by atoms with van der Waals surface area (Å²) in [5.74, 6) is -2.27. The van der Waals surface area contributed by atoms with E-state index in [0.717, 1.165) is 10.6 Å². The maximum Gasteiger partial charge on any atom is 0.341 e. The number of carbonyl (C=O) groups is 2. The van der Waals surface area contributed by atoms with Gasteiger partial charge in [0.15, 0.2) is 0 Å². The van der Waals surface area contributed by atoms with Crippen molar-refractivity contribution in [1.29, 1.82) is 0 Å². The normalized spacial score (nSPS) is 13.5. The number of carboxylic acids is 1. The molecule has 0 saturated heterocycles. The molecule has 1 aliphatic heterocycles. The first-order chi connectivity index (χ1) is 11.8. The number of fused-ring (bicyclic) bond motifs is 1. The first-order valence-electron chi connectivity index (χ1n) is 7.51. The first-order valence-corrected chi connectivity index (χ1v) is 7.89. The molecular formula is C17H14ClFN2O4. The smallest absolute Gasteiger partial charge is 0.341 e. The lowest BCUT2D eigenvalue weighted by Crippen LogP contribution is -2.38. The van der Waals surface area contributed by atoms with E-state index in [4.69, 9.17) is 11.6 Å². The summed E-state index contributed by atoms with van der Waals surface area (Å²) in [6.07, 6.45) is 1.65. The standard InChI is InChI=1S/C17H14ClFN2O4/c1-9(22)20-5-4-12-10(7-20)8-21(16(23)15(12)17(24)25)14-3-2-11(18)6-13(14)19/h2-3,6,8H,4-5,7H2,1H3,(H,24,25). The molecule has 1 amide bonds. The zero-order valence-corrected chi connectivity index (χ0v) is 14.0. The summed E-state index contributed by atoms with van der Waals surface area (Å²) in [6, 6.07) is 3.77. The lowest BCUT2D eigenvalue weighted by atomic mass is 9.96. The number of carboxylic acid groups (broad SMARTS) is 1. The van der Waals surface area contributed by atoms with Crippen LogP contribution in [0, 0.1) is 5.82 Å². The molecule has 130 valence electrons. The van der Waals surface area contributed by atoms with Gasteiger partial charge in [-0.25, -0.2) is 9.18 Å². The summed E-state index contributed by atoms with van der Waals surface area (Å²) < 4.78 is 15.2. The molecule has 0 fully saturated rings. The van der Waals surface area contributed by atoms with Gasteiger partial charge in [0.25, 0.3) is 5.56 Å². The lowest BCUT2D eigenvalue weighted by Gasteiger charge is -2.29. The fourth-order valence-corrected chi connectivity index (χ4v) is 3.16. The number of amides is 1. The molecule has 0 unspecified atom stereocenters. The van der Waals surface area contributed by atoms with E-state index in [1.165, 1.54) is 25.3 Å². The Kier molecular flexibility index (Phi) is 4.34. The minimum absolute atomic E-state index is 0.0975. The van der Waals surface area contributed by atoms with Crippen LogP contribution in [0.3, 0.4) is 0 Å². The summed E-state index contributed by atoms with van der Waals surface area (Å²) >= 11 is 5.73. The zero-order chi connectivity index (χ0) is 18.3. The molecule has 3 rings (SSSR count). The van der Waals surface area contributed by atoms with Crippen LogP contribution < -0.4 is 5.56 Å². The molecule has 8 heteroatoms. The van der Waals surface area contributed by atoms with Gasteiger partial charge < -0.3 is 10.0 Å². The second kappa shape index (κ2) is 6.33. The van der Waals surface area contributed by atoms with Gasteiger partial charge in [0, 0.05) is 31.2 Å². The zero-order valence-electron chi connectivity index (χ0n) is 13.3. The fourth-order valence-electron chi connectivity index (χ4n) is 3.00. The predicted molar refractivity (Wildman–Crippen MR) is 88.8 cm³/mol. The van der Waals surface area contributed by atoms with Crippen molar-refractivity contribution in [3.8, 4) is 5.69 Å². The van der Waals surface area contributed by atoms with Crippen LogP contribution in [0.4, 0.5) is 4.39 Å². The van der Waals surface area contributed by atoms with Gasteiger partial charge in [-0.15, -0.1) is 0 Å². The van der Waals surface area contributed by atoms with E-state index < -0.39 is 22.9 Å². The first kappa shape index (κ1) is 17.2. The van der Waals surface area contributed by atoms with Crippen molar-refractivity contribution in [1.82, 2.24) is 9.47 Å². The average Bonchev–Trinajstić information content (AvgIpc) is 2.53. The van der Waals surface area contributed by atoms with Gasteiger partial charge in [0.2, 0.25) is 5.91 Å². The topological polar surface area (TPSA) is 79.6 Å². The molecule has 0 atom stereocenters. The number of rotatable bonds is 2. The van der Waals surface area contributed by atoms with Crippen molar-refractivity contribution in [2.75, 3.05) is 6.54 Å². The third-order valence-corrected chi connectivity index (χ3v) is 4.46. The Balaban J connectivity index is 2.26. The highest BCUT2D eigenvalue weighted by atomic mass is 35.5. The van der Waals surface area contributed by atoms with Crippen molar-refractivity contribution in [2.45, 2.75) is 19.9 Å². The molecule has 0 radical (unpaired) electrons. The second-order valence-electron chi connectivity index (χ2n) is 5.77. The van der Waals surface area contributed by atoms with Crippen LogP contribution in [-0.4, -0.2) is 33.0 Å². The number of aromatic nitrogens is 1. The number of nitrogens with zero attached hydrogens (tertiary/aromatic N) is 2. The molecule has 2 heterocycles. The molecule has 0 spiro atoms. The van der Waals surface area contributed by atoms with Gasteiger partial charge in [-0.3, -0.25) is 14.2 Å². The molecule has 1 aliphatic rings. The molecule has 0 bridgehead atoms. The number of hydrogen-bond donors (Lipinski definition) is 1. The largest absolute Gasteiger partial charge is 0.477 e. The Labute approximate surface area is 147 Å². The monoisotopic (exact) mass is 364 g/mol. The average molecular weight is 365 g/mol. The van der Waals surface area contributed by atoms with Gasteiger partial charge in [0.05, 0.1) is 5.69 Å². The molecule has 25 heavy (non-hydrogen) atoms. The molecule has 1 aromatic carbocycles. The van der Waals surface area contributed by atoms with E-state index in [-0.39, 0.29) is 29.6 Å². The van der Waals surface area contributed by atoms with Crippen LogP contribution in [0.2, 0.25) is 5.02 Å². The molecular weight excluding hydrogens is 351 g/mol.